The third-order valence-electron chi connectivity index (χ3n) is 7.86. The molecule has 6 aromatic rings. The Hall–Kier alpha value is -4.60. The second-order valence-corrected chi connectivity index (χ2v) is 14.9. The van der Waals surface area contributed by atoms with Crippen LogP contribution in [0.4, 0.5) is 0 Å². The van der Waals surface area contributed by atoms with Gasteiger partial charge in [0.25, 0.3) is 0 Å². The standard InChI is InChI=1S/C36H28N2Si/c1-39(2)32-19-10-9-18-31(32)33-34(28-22-20-27(21-23-28)25-12-5-3-6-13-25)37-35(38-36(33)39)30-17-11-16-29(24-30)26-14-7-4-8-15-26/h3-24H,1-2H3. The van der Waals surface area contributed by atoms with E-state index in [-0.39, 0.29) is 0 Å². The van der Waals surface area contributed by atoms with Crippen molar-refractivity contribution in [2.24, 2.45) is 0 Å². The van der Waals surface area contributed by atoms with Crippen LogP contribution in [-0.2, 0) is 0 Å². The molecule has 0 aliphatic carbocycles. The van der Waals surface area contributed by atoms with Gasteiger partial charge in [-0.1, -0.05) is 140 Å². The van der Waals surface area contributed by atoms with Crippen LogP contribution in [0.5, 0.6) is 0 Å². The number of hydrogen-bond acceptors (Lipinski definition) is 2. The van der Waals surface area contributed by atoms with Gasteiger partial charge in [-0.05, 0) is 39.1 Å². The van der Waals surface area contributed by atoms with Gasteiger partial charge in [-0.25, -0.2) is 9.97 Å². The molecule has 0 spiro atoms. The Balaban J connectivity index is 1.43. The number of fused-ring (bicyclic) bond motifs is 3. The summed E-state index contributed by atoms with van der Waals surface area (Å²) in [5.41, 5.74) is 10.5. The van der Waals surface area contributed by atoms with Gasteiger partial charge >= 0.3 is 0 Å². The first-order chi connectivity index (χ1) is 19.1. The summed E-state index contributed by atoms with van der Waals surface area (Å²) in [5, 5.41) is 2.66. The fourth-order valence-electron chi connectivity index (χ4n) is 5.80. The maximum atomic E-state index is 5.33. The van der Waals surface area contributed by atoms with Gasteiger partial charge in [0.2, 0.25) is 0 Å². The van der Waals surface area contributed by atoms with Gasteiger partial charge in [0.15, 0.2) is 5.82 Å². The maximum absolute atomic E-state index is 5.33. The molecule has 7 rings (SSSR count). The van der Waals surface area contributed by atoms with Gasteiger partial charge in [-0.3, -0.25) is 0 Å². The molecule has 2 heterocycles. The first-order valence-electron chi connectivity index (χ1n) is 13.4. The van der Waals surface area contributed by atoms with Gasteiger partial charge in [-0.2, -0.15) is 0 Å². The summed E-state index contributed by atoms with van der Waals surface area (Å²) in [6.45, 7) is 4.83. The Morgan fingerprint density at radius 2 is 1.00 bits per heavy atom. The van der Waals surface area contributed by atoms with E-state index in [1.165, 1.54) is 43.9 Å². The molecule has 0 fully saturated rings. The molecule has 3 heteroatoms. The first kappa shape index (κ1) is 23.5. The molecule has 1 aromatic heterocycles. The molecular formula is C36H28N2Si. The summed E-state index contributed by atoms with van der Waals surface area (Å²) < 4.78 is 0. The lowest BCUT2D eigenvalue weighted by Gasteiger charge is -2.19. The van der Waals surface area contributed by atoms with Crippen molar-refractivity contribution >= 4 is 18.6 Å². The number of nitrogens with zero attached hydrogens (tertiary/aromatic N) is 2. The topological polar surface area (TPSA) is 25.8 Å². The lowest BCUT2D eigenvalue weighted by Crippen LogP contribution is -2.50. The van der Waals surface area contributed by atoms with E-state index in [9.17, 15) is 0 Å². The van der Waals surface area contributed by atoms with Crippen LogP contribution in [0.1, 0.15) is 0 Å². The lowest BCUT2D eigenvalue weighted by atomic mass is 9.98. The number of benzene rings is 5. The van der Waals surface area contributed by atoms with Crippen molar-refractivity contribution in [3.63, 3.8) is 0 Å². The van der Waals surface area contributed by atoms with Gasteiger partial charge in [0, 0.05) is 22.0 Å². The molecule has 0 bridgehead atoms. The van der Waals surface area contributed by atoms with E-state index in [1.54, 1.807) is 0 Å². The summed E-state index contributed by atoms with van der Waals surface area (Å²) in [5.74, 6) is 0.794. The second kappa shape index (κ2) is 9.30. The van der Waals surface area contributed by atoms with E-state index in [4.69, 9.17) is 9.97 Å². The summed E-state index contributed by atoms with van der Waals surface area (Å²) in [7, 11) is -2.00. The van der Waals surface area contributed by atoms with Crippen molar-refractivity contribution in [3.8, 4) is 56.0 Å². The summed E-state index contributed by atoms with van der Waals surface area (Å²) in [6, 6.07) is 47.3. The average molecular weight is 517 g/mol. The van der Waals surface area contributed by atoms with Crippen LogP contribution in [0.15, 0.2) is 133 Å². The van der Waals surface area contributed by atoms with Gasteiger partial charge in [0.05, 0.1) is 5.69 Å². The number of aromatic nitrogens is 2. The zero-order valence-electron chi connectivity index (χ0n) is 22.1. The molecule has 0 N–H and O–H groups in total. The Kier molecular flexibility index (Phi) is 5.61. The fraction of sp³-hybridized carbons (Fsp3) is 0.0556. The van der Waals surface area contributed by atoms with Gasteiger partial charge in [-0.15, -0.1) is 0 Å². The van der Waals surface area contributed by atoms with Crippen molar-refractivity contribution in [1.82, 2.24) is 9.97 Å². The van der Waals surface area contributed by atoms with Gasteiger partial charge < -0.3 is 0 Å². The minimum Gasteiger partial charge on any atom is -0.237 e. The molecule has 0 radical (unpaired) electrons. The largest absolute Gasteiger partial charge is 0.237 e. The van der Waals surface area contributed by atoms with Crippen molar-refractivity contribution in [1.29, 1.82) is 0 Å². The Morgan fingerprint density at radius 1 is 0.462 bits per heavy atom. The minimum atomic E-state index is -2.00. The Morgan fingerprint density at radius 3 is 1.72 bits per heavy atom. The zero-order valence-corrected chi connectivity index (χ0v) is 23.1. The molecule has 0 saturated heterocycles. The first-order valence-corrected chi connectivity index (χ1v) is 16.4. The van der Waals surface area contributed by atoms with Crippen LogP contribution < -0.4 is 10.5 Å². The second-order valence-electron chi connectivity index (χ2n) is 10.7. The molecule has 5 aromatic carbocycles. The van der Waals surface area contributed by atoms with E-state index in [1.807, 2.05) is 0 Å². The highest BCUT2D eigenvalue weighted by Gasteiger charge is 2.41. The van der Waals surface area contributed by atoms with Crippen LogP contribution in [0.2, 0.25) is 13.1 Å². The SMILES string of the molecule is C[Si]1(C)c2ccccc2-c2c(-c3ccc(-c4ccccc4)cc3)nc(-c3cccc(-c4ccccc4)c3)nc21. The normalized spacial score (nSPS) is 13.1. The molecule has 39 heavy (non-hydrogen) atoms. The molecule has 1 aliphatic heterocycles. The molecule has 1 aliphatic rings. The zero-order chi connectivity index (χ0) is 26.4. The smallest absolute Gasteiger partial charge is 0.159 e. The van der Waals surface area contributed by atoms with Crippen LogP contribution >= 0.6 is 0 Å². The van der Waals surface area contributed by atoms with Crippen LogP contribution in [0.3, 0.4) is 0 Å². The Bertz CT molecular complexity index is 1810. The monoisotopic (exact) mass is 516 g/mol. The molecule has 0 amide bonds. The van der Waals surface area contributed by atoms with Crippen LogP contribution in [0, 0.1) is 0 Å². The predicted octanol–water partition coefficient (Wildman–Crippen LogP) is 7.95. The lowest BCUT2D eigenvalue weighted by molar-refractivity contribution is 1.21. The molecule has 2 nitrogen and oxygen atoms in total. The van der Waals surface area contributed by atoms with E-state index in [2.05, 4.69) is 147 Å². The van der Waals surface area contributed by atoms with Crippen LogP contribution in [-0.4, -0.2) is 18.0 Å². The van der Waals surface area contributed by atoms with E-state index < -0.39 is 8.07 Å². The van der Waals surface area contributed by atoms with Crippen molar-refractivity contribution in [2.75, 3.05) is 0 Å². The number of rotatable bonds is 4. The molecular weight excluding hydrogens is 488 g/mol. The summed E-state index contributed by atoms with van der Waals surface area (Å²) >= 11 is 0. The van der Waals surface area contributed by atoms with Crippen LogP contribution in [0.25, 0.3) is 56.0 Å². The fourth-order valence-corrected chi connectivity index (χ4v) is 8.71. The molecule has 0 saturated carbocycles. The Labute approximate surface area is 230 Å². The van der Waals surface area contributed by atoms with Crippen molar-refractivity contribution in [2.45, 2.75) is 13.1 Å². The van der Waals surface area contributed by atoms with E-state index in [0.29, 0.717) is 0 Å². The average Bonchev–Trinajstić information content (AvgIpc) is 3.24. The highest BCUT2D eigenvalue weighted by atomic mass is 28.3. The molecule has 186 valence electrons. The quantitative estimate of drug-likeness (QED) is 0.222. The van der Waals surface area contributed by atoms with Gasteiger partial charge in [0.1, 0.15) is 8.07 Å². The number of hydrogen-bond donors (Lipinski definition) is 0. The highest BCUT2D eigenvalue weighted by Crippen LogP contribution is 2.37. The van der Waals surface area contributed by atoms with E-state index >= 15 is 0 Å². The molecule has 0 unspecified atom stereocenters. The maximum Gasteiger partial charge on any atom is 0.159 e. The summed E-state index contributed by atoms with van der Waals surface area (Å²) in [6.07, 6.45) is 0. The van der Waals surface area contributed by atoms with Crippen molar-refractivity contribution < 1.29 is 0 Å². The van der Waals surface area contributed by atoms with E-state index in [0.717, 1.165) is 22.6 Å². The third kappa shape index (κ3) is 4.03. The summed E-state index contributed by atoms with van der Waals surface area (Å²) in [4.78, 5) is 10.6. The predicted molar refractivity (Wildman–Crippen MR) is 166 cm³/mol. The van der Waals surface area contributed by atoms with Crippen molar-refractivity contribution in [3.05, 3.63) is 133 Å². The molecule has 0 atom stereocenters. The minimum absolute atomic E-state index is 0.794. The highest BCUT2D eigenvalue weighted by molar-refractivity contribution is 7.03. The third-order valence-corrected chi connectivity index (χ3v) is 11.2.